The van der Waals surface area contributed by atoms with Gasteiger partial charge in [0.2, 0.25) is 0 Å². The second kappa shape index (κ2) is 4.80. The molecule has 0 aromatic heterocycles. The summed E-state index contributed by atoms with van der Waals surface area (Å²) in [5.41, 5.74) is 1.26. The van der Waals surface area contributed by atoms with E-state index in [2.05, 4.69) is 0 Å². The van der Waals surface area contributed by atoms with Crippen molar-refractivity contribution in [2.45, 2.75) is 19.4 Å². The molecule has 0 radical (unpaired) electrons. The van der Waals surface area contributed by atoms with Crippen molar-refractivity contribution in [1.29, 1.82) is 0 Å². The summed E-state index contributed by atoms with van der Waals surface area (Å²) in [6, 6.07) is 3.62. The minimum atomic E-state index is -0.982. The summed E-state index contributed by atoms with van der Waals surface area (Å²) in [6.07, 6.45) is 6.54. The van der Waals surface area contributed by atoms with Gasteiger partial charge in [0.05, 0.1) is 7.11 Å². The summed E-state index contributed by atoms with van der Waals surface area (Å²) in [6.45, 7) is 3.92. The van der Waals surface area contributed by atoms with Crippen LogP contribution in [0.15, 0.2) is 24.3 Å². The molecular weight excluding hydrogens is 244 g/mol. The molecule has 1 N–H and O–H groups in total. The Morgan fingerprint density at radius 3 is 2.79 bits per heavy atom. The van der Waals surface area contributed by atoms with Crippen LogP contribution in [0.1, 0.15) is 25.0 Å². The fraction of sp³-hybridized carbons (Fsp3) is 0.267. The molecule has 1 aromatic rings. The number of carboxylic acid groups (broad SMARTS) is 1. The van der Waals surface area contributed by atoms with Crippen LogP contribution in [0.25, 0.3) is 12.2 Å². The maximum Gasteiger partial charge on any atom is 0.328 e. The number of methoxy groups -OCH3 is 1. The monoisotopic (exact) mass is 260 g/mol. The third-order valence-electron chi connectivity index (χ3n) is 2.77. The van der Waals surface area contributed by atoms with Gasteiger partial charge in [0.25, 0.3) is 0 Å². The van der Waals surface area contributed by atoms with Crippen molar-refractivity contribution in [2.75, 3.05) is 7.11 Å². The SMILES string of the molecule is COc1cc(C=CC(=O)O)cc2c1OC(C)(C)C=C2. The lowest BCUT2D eigenvalue weighted by Crippen LogP contribution is -2.27. The van der Waals surface area contributed by atoms with Gasteiger partial charge in [0.15, 0.2) is 11.5 Å². The molecule has 0 bridgehead atoms. The topological polar surface area (TPSA) is 55.8 Å². The number of aliphatic carboxylic acids is 1. The molecule has 0 unspecified atom stereocenters. The molecule has 19 heavy (non-hydrogen) atoms. The summed E-state index contributed by atoms with van der Waals surface area (Å²) in [5.74, 6) is 0.298. The Kier molecular flexibility index (Phi) is 3.34. The van der Waals surface area contributed by atoms with Crippen LogP contribution >= 0.6 is 0 Å². The number of ether oxygens (including phenoxy) is 2. The molecular formula is C15H16O4. The highest BCUT2D eigenvalue weighted by Gasteiger charge is 2.24. The Morgan fingerprint density at radius 2 is 2.16 bits per heavy atom. The molecule has 100 valence electrons. The van der Waals surface area contributed by atoms with E-state index in [0.29, 0.717) is 11.5 Å². The van der Waals surface area contributed by atoms with E-state index in [1.54, 1.807) is 13.2 Å². The largest absolute Gasteiger partial charge is 0.493 e. The Labute approximate surface area is 112 Å². The molecule has 0 fully saturated rings. The van der Waals surface area contributed by atoms with Gasteiger partial charge in [-0.3, -0.25) is 0 Å². The van der Waals surface area contributed by atoms with Gasteiger partial charge >= 0.3 is 5.97 Å². The number of hydrogen-bond donors (Lipinski definition) is 1. The molecule has 4 nitrogen and oxygen atoms in total. The zero-order chi connectivity index (χ0) is 14.0. The van der Waals surface area contributed by atoms with Crippen molar-refractivity contribution in [2.24, 2.45) is 0 Å². The molecule has 1 heterocycles. The molecule has 1 aliphatic heterocycles. The van der Waals surface area contributed by atoms with Crippen molar-refractivity contribution in [1.82, 2.24) is 0 Å². The summed E-state index contributed by atoms with van der Waals surface area (Å²) in [7, 11) is 1.56. The maximum absolute atomic E-state index is 10.5. The summed E-state index contributed by atoms with van der Waals surface area (Å²) < 4.78 is 11.2. The summed E-state index contributed by atoms with van der Waals surface area (Å²) >= 11 is 0. The van der Waals surface area contributed by atoms with E-state index >= 15 is 0 Å². The van der Waals surface area contributed by atoms with Gasteiger partial charge in [-0.2, -0.15) is 0 Å². The smallest absolute Gasteiger partial charge is 0.328 e. The van der Waals surface area contributed by atoms with Crippen molar-refractivity contribution in [3.05, 3.63) is 35.4 Å². The Hall–Kier alpha value is -2.23. The molecule has 0 saturated heterocycles. The van der Waals surface area contributed by atoms with Crippen LogP contribution < -0.4 is 9.47 Å². The molecule has 1 aliphatic rings. The van der Waals surface area contributed by atoms with E-state index < -0.39 is 5.97 Å². The predicted octanol–water partition coefficient (Wildman–Crippen LogP) is 2.98. The number of hydrogen-bond acceptors (Lipinski definition) is 3. The first-order chi connectivity index (χ1) is 8.91. The summed E-state index contributed by atoms with van der Waals surface area (Å²) in [4.78, 5) is 10.5. The van der Waals surface area contributed by atoms with Gasteiger partial charge in [0.1, 0.15) is 5.60 Å². The molecule has 0 saturated carbocycles. The quantitative estimate of drug-likeness (QED) is 0.849. The molecule has 0 amide bonds. The van der Waals surface area contributed by atoms with Crippen molar-refractivity contribution in [3.8, 4) is 11.5 Å². The first-order valence-electron chi connectivity index (χ1n) is 5.92. The van der Waals surface area contributed by atoms with Gasteiger partial charge in [-0.1, -0.05) is 6.08 Å². The average molecular weight is 260 g/mol. The first-order valence-corrected chi connectivity index (χ1v) is 5.92. The lowest BCUT2D eigenvalue weighted by atomic mass is 10.00. The Balaban J connectivity index is 2.46. The number of fused-ring (bicyclic) bond motifs is 1. The average Bonchev–Trinajstić information content (AvgIpc) is 2.34. The van der Waals surface area contributed by atoms with E-state index in [1.165, 1.54) is 6.08 Å². The van der Waals surface area contributed by atoms with E-state index in [0.717, 1.165) is 17.2 Å². The standard InChI is InChI=1S/C15H16O4/c1-15(2)7-6-11-8-10(4-5-13(16)17)9-12(18-3)14(11)19-15/h4-9H,1-3H3,(H,16,17). The zero-order valence-corrected chi connectivity index (χ0v) is 11.1. The predicted molar refractivity (Wildman–Crippen MR) is 73.4 cm³/mol. The molecule has 0 atom stereocenters. The van der Waals surface area contributed by atoms with E-state index in [-0.39, 0.29) is 5.60 Å². The third kappa shape index (κ3) is 2.96. The molecule has 0 aliphatic carbocycles. The molecule has 1 aromatic carbocycles. The molecule has 2 rings (SSSR count). The highest BCUT2D eigenvalue weighted by molar-refractivity contribution is 5.86. The van der Waals surface area contributed by atoms with Gasteiger partial charge < -0.3 is 14.6 Å². The van der Waals surface area contributed by atoms with Crippen LogP contribution in [-0.4, -0.2) is 23.8 Å². The Morgan fingerprint density at radius 1 is 1.42 bits per heavy atom. The van der Waals surface area contributed by atoms with Crippen LogP contribution in [-0.2, 0) is 4.79 Å². The first kappa shape index (κ1) is 13.2. The minimum Gasteiger partial charge on any atom is -0.493 e. The number of carboxylic acids is 1. The van der Waals surface area contributed by atoms with Crippen LogP contribution in [0.2, 0.25) is 0 Å². The zero-order valence-electron chi connectivity index (χ0n) is 11.1. The van der Waals surface area contributed by atoms with Gasteiger partial charge in [-0.15, -0.1) is 0 Å². The molecule has 0 spiro atoms. The normalized spacial score (nSPS) is 15.9. The fourth-order valence-corrected chi connectivity index (χ4v) is 1.88. The maximum atomic E-state index is 10.5. The van der Waals surface area contributed by atoms with Crippen LogP contribution in [0, 0.1) is 0 Å². The van der Waals surface area contributed by atoms with Gasteiger partial charge in [-0.25, -0.2) is 4.79 Å². The van der Waals surface area contributed by atoms with Crippen molar-refractivity contribution in [3.63, 3.8) is 0 Å². The lowest BCUT2D eigenvalue weighted by Gasteiger charge is -2.29. The Bertz CT molecular complexity index is 568. The van der Waals surface area contributed by atoms with E-state index in [4.69, 9.17) is 14.6 Å². The van der Waals surface area contributed by atoms with Gasteiger partial charge in [0, 0.05) is 11.6 Å². The van der Waals surface area contributed by atoms with Crippen molar-refractivity contribution < 1.29 is 19.4 Å². The van der Waals surface area contributed by atoms with Crippen LogP contribution in [0.3, 0.4) is 0 Å². The van der Waals surface area contributed by atoms with Gasteiger partial charge in [-0.05, 0) is 43.7 Å². The second-order valence-corrected chi connectivity index (χ2v) is 4.85. The number of carbonyl (C=O) groups is 1. The van der Waals surface area contributed by atoms with E-state index in [1.807, 2.05) is 32.1 Å². The lowest BCUT2D eigenvalue weighted by molar-refractivity contribution is -0.131. The van der Waals surface area contributed by atoms with Crippen LogP contribution in [0.4, 0.5) is 0 Å². The molecule has 4 heteroatoms. The van der Waals surface area contributed by atoms with Crippen molar-refractivity contribution >= 4 is 18.1 Å². The highest BCUT2D eigenvalue weighted by Crippen LogP contribution is 2.39. The third-order valence-corrected chi connectivity index (χ3v) is 2.77. The second-order valence-electron chi connectivity index (χ2n) is 4.85. The fourth-order valence-electron chi connectivity index (χ4n) is 1.88. The van der Waals surface area contributed by atoms with Crippen LogP contribution in [0.5, 0.6) is 11.5 Å². The van der Waals surface area contributed by atoms with E-state index in [9.17, 15) is 4.79 Å². The number of rotatable bonds is 3. The summed E-state index contributed by atoms with van der Waals surface area (Å²) in [5, 5.41) is 8.65. The highest BCUT2D eigenvalue weighted by atomic mass is 16.5. The minimum absolute atomic E-state index is 0.376. The number of benzene rings is 1.